The van der Waals surface area contributed by atoms with E-state index < -0.39 is 0 Å². The standard InChI is InChI=1S/C23H22N4O2/c1-16-9-11-18(12-10-16)22-24-23(29-25-22)20-8-5-13-27(20)15-21(28)26(3)19-7-4-6-17(2)14-19/h4-14H,15H2,1-3H3. The van der Waals surface area contributed by atoms with Crippen LogP contribution < -0.4 is 4.90 Å². The molecule has 2 heterocycles. The van der Waals surface area contributed by atoms with Crippen LogP contribution in [0.4, 0.5) is 5.69 Å². The molecule has 0 aliphatic carbocycles. The van der Waals surface area contributed by atoms with Crippen LogP contribution in [0.15, 0.2) is 71.4 Å². The van der Waals surface area contributed by atoms with Gasteiger partial charge in [-0.1, -0.05) is 47.1 Å². The first-order chi connectivity index (χ1) is 14.0. The summed E-state index contributed by atoms with van der Waals surface area (Å²) in [7, 11) is 1.78. The molecule has 0 aliphatic rings. The molecule has 0 atom stereocenters. The summed E-state index contributed by atoms with van der Waals surface area (Å²) in [5.41, 5.74) is 4.74. The van der Waals surface area contributed by atoms with Crippen molar-refractivity contribution in [1.29, 1.82) is 0 Å². The molecule has 0 saturated carbocycles. The zero-order chi connectivity index (χ0) is 20.4. The van der Waals surface area contributed by atoms with E-state index in [2.05, 4.69) is 10.1 Å². The minimum Gasteiger partial charge on any atom is -0.334 e. The van der Waals surface area contributed by atoms with Gasteiger partial charge in [0.25, 0.3) is 5.89 Å². The molecule has 4 rings (SSSR count). The van der Waals surface area contributed by atoms with E-state index in [4.69, 9.17) is 4.52 Å². The first kappa shape index (κ1) is 18.7. The molecule has 0 unspecified atom stereocenters. The van der Waals surface area contributed by atoms with Gasteiger partial charge >= 0.3 is 0 Å². The number of carbonyl (C=O) groups is 1. The fourth-order valence-corrected chi connectivity index (χ4v) is 3.13. The van der Waals surface area contributed by atoms with E-state index in [1.807, 2.05) is 85.3 Å². The Morgan fingerprint density at radius 3 is 2.59 bits per heavy atom. The number of rotatable bonds is 5. The van der Waals surface area contributed by atoms with Crippen LogP contribution in [0, 0.1) is 13.8 Å². The molecule has 0 aliphatic heterocycles. The molecule has 0 fully saturated rings. The number of benzene rings is 2. The molecule has 0 N–H and O–H groups in total. The number of hydrogen-bond donors (Lipinski definition) is 0. The van der Waals surface area contributed by atoms with Crippen molar-refractivity contribution in [1.82, 2.24) is 14.7 Å². The lowest BCUT2D eigenvalue weighted by Crippen LogP contribution is -2.30. The second-order valence-corrected chi connectivity index (χ2v) is 7.10. The Morgan fingerprint density at radius 2 is 1.83 bits per heavy atom. The summed E-state index contributed by atoms with van der Waals surface area (Å²) in [4.78, 5) is 19.0. The topological polar surface area (TPSA) is 64.2 Å². The third-order valence-electron chi connectivity index (χ3n) is 4.85. The highest BCUT2D eigenvalue weighted by atomic mass is 16.5. The summed E-state index contributed by atoms with van der Waals surface area (Å²) in [5, 5.41) is 4.09. The Labute approximate surface area is 169 Å². The molecule has 1 amide bonds. The maximum absolute atomic E-state index is 12.8. The number of likely N-dealkylation sites (N-methyl/N-ethyl adjacent to an activating group) is 1. The van der Waals surface area contributed by atoms with E-state index in [1.54, 1.807) is 11.9 Å². The molecule has 146 valence electrons. The minimum absolute atomic E-state index is 0.0358. The zero-order valence-corrected chi connectivity index (χ0v) is 16.7. The number of nitrogens with zero attached hydrogens (tertiary/aromatic N) is 4. The van der Waals surface area contributed by atoms with Crippen molar-refractivity contribution in [3.8, 4) is 23.0 Å². The van der Waals surface area contributed by atoms with E-state index >= 15 is 0 Å². The van der Waals surface area contributed by atoms with Gasteiger partial charge < -0.3 is 14.0 Å². The second-order valence-electron chi connectivity index (χ2n) is 7.10. The number of carbonyl (C=O) groups excluding carboxylic acids is 1. The van der Waals surface area contributed by atoms with Gasteiger partial charge in [0.15, 0.2) is 0 Å². The van der Waals surface area contributed by atoms with Crippen LogP contribution in [-0.4, -0.2) is 27.7 Å². The SMILES string of the molecule is Cc1ccc(-c2noc(-c3cccn3CC(=O)N(C)c3cccc(C)c3)n2)cc1. The van der Waals surface area contributed by atoms with Crippen LogP contribution in [0.5, 0.6) is 0 Å². The van der Waals surface area contributed by atoms with E-state index in [1.165, 1.54) is 5.56 Å². The first-order valence-electron chi connectivity index (χ1n) is 9.41. The van der Waals surface area contributed by atoms with Crippen LogP contribution in [-0.2, 0) is 11.3 Å². The lowest BCUT2D eigenvalue weighted by Gasteiger charge is -2.18. The Bertz CT molecular complexity index is 1140. The third-order valence-corrected chi connectivity index (χ3v) is 4.85. The first-order valence-corrected chi connectivity index (χ1v) is 9.41. The maximum Gasteiger partial charge on any atom is 0.274 e. The Kier molecular flexibility index (Phi) is 4.99. The van der Waals surface area contributed by atoms with Crippen molar-refractivity contribution in [3.63, 3.8) is 0 Å². The van der Waals surface area contributed by atoms with Crippen LogP contribution >= 0.6 is 0 Å². The average molecular weight is 386 g/mol. The maximum atomic E-state index is 12.8. The van der Waals surface area contributed by atoms with Gasteiger partial charge in [0.05, 0.1) is 0 Å². The van der Waals surface area contributed by atoms with Crippen molar-refractivity contribution < 1.29 is 9.32 Å². The van der Waals surface area contributed by atoms with Gasteiger partial charge in [-0.25, -0.2) is 0 Å². The predicted molar refractivity (Wildman–Crippen MR) is 112 cm³/mol. The third kappa shape index (κ3) is 3.96. The van der Waals surface area contributed by atoms with Crippen LogP contribution in [0.1, 0.15) is 11.1 Å². The van der Waals surface area contributed by atoms with E-state index in [9.17, 15) is 4.79 Å². The van der Waals surface area contributed by atoms with Crippen LogP contribution in [0.25, 0.3) is 23.0 Å². The fraction of sp³-hybridized carbons (Fsp3) is 0.174. The summed E-state index contributed by atoms with van der Waals surface area (Å²) in [6, 6.07) is 19.5. The molecule has 2 aromatic heterocycles. The smallest absolute Gasteiger partial charge is 0.274 e. The van der Waals surface area contributed by atoms with Gasteiger partial charge in [0, 0.05) is 24.5 Å². The number of amides is 1. The van der Waals surface area contributed by atoms with Crippen LogP contribution in [0.2, 0.25) is 0 Å². The van der Waals surface area contributed by atoms with E-state index in [0.29, 0.717) is 17.4 Å². The van der Waals surface area contributed by atoms with Gasteiger partial charge in [-0.2, -0.15) is 4.98 Å². The van der Waals surface area contributed by atoms with Gasteiger partial charge in [0.1, 0.15) is 12.2 Å². The summed E-state index contributed by atoms with van der Waals surface area (Å²) >= 11 is 0. The van der Waals surface area contributed by atoms with Gasteiger partial charge in [0.2, 0.25) is 11.7 Å². The molecule has 4 aromatic rings. The summed E-state index contributed by atoms with van der Waals surface area (Å²) in [6.07, 6.45) is 1.84. The molecule has 29 heavy (non-hydrogen) atoms. The molecule has 6 heteroatoms. The normalized spacial score (nSPS) is 10.9. The summed E-state index contributed by atoms with van der Waals surface area (Å²) in [5.74, 6) is 0.874. The minimum atomic E-state index is -0.0358. The average Bonchev–Trinajstić information content (AvgIpc) is 3.37. The Hall–Kier alpha value is -3.67. The number of hydrogen-bond acceptors (Lipinski definition) is 4. The molecule has 6 nitrogen and oxygen atoms in total. The van der Waals surface area contributed by atoms with E-state index in [0.717, 1.165) is 16.8 Å². The predicted octanol–water partition coefficient (Wildman–Crippen LogP) is 4.48. The Morgan fingerprint density at radius 1 is 1.03 bits per heavy atom. The summed E-state index contributed by atoms with van der Waals surface area (Å²) in [6.45, 7) is 4.21. The molecule has 0 saturated heterocycles. The summed E-state index contributed by atoms with van der Waals surface area (Å²) < 4.78 is 7.29. The molecule has 0 radical (unpaired) electrons. The lowest BCUT2D eigenvalue weighted by molar-refractivity contribution is -0.118. The van der Waals surface area contributed by atoms with Crippen molar-refractivity contribution in [2.75, 3.05) is 11.9 Å². The molecule has 2 aromatic carbocycles. The monoisotopic (exact) mass is 386 g/mol. The Balaban J connectivity index is 1.54. The van der Waals surface area contributed by atoms with Gasteiger partial charge in [-0.3, -0.25) is 4.79 Å². The molecular weight excluding hydrogens is 364 g/mol. The highest BCUT2D eigenvalue weighted by Gasteiger charge is 2.17. The molecule has 0 spiro atoms. The second kappa shape index (κ2) is 7.75. The van der Waals surface area contributed by atoms with Gasteiger partial charge in [-0.15, -0.1) is 0 Å². The van der Waals surface area contributed by atoms with Crippen molar-refractivity contribution in [3.05, 3.63) is 78.0 Å². The number of anilines is 1. The lowest BCUT2D eigenvalue weighted by atomic mass is 10.1. The quantitative estimate of drug-likeness (QED) is 0.507. The van der Waals surface area contributed by atoms with Crippen LogP contribution in [0.3, 0.4) is 0 Å². The fourth-order valence-electron chi connectivity index (χ4n) is 3.13. The van der Waals surface area contributed by atoms with Gasteiger partial charge in [-0.05, 0) is 43.7 Å². The van der Waals surface area contributed by atoms with E-state index in [-0.39, 0.29) is 12.5 Å². The van der Waals surface area contributed by atoms with Crippen molar-refractivity contribution in [2.24, 2.45) is 0 Å². The molecular formula is C23H22N4O2. The highest BCUT2D eigenvalue weighted by molar-refractivity contribution is 5.93. The highest BCUT2D eigenvalue weighted by Crippen LogP contribution is 2.23. The number of aryl methyl sites for hydroxylation is 2. The van der Waals surface area contributed by atoms with Crippen molar-refractivity contribution >= 4 is 11.6 Å². The zero-order valence-electron chi connectivity index (χ0n) is 16.7. The molecule has 0 bridgehead atoms. The van der Waals surface area contributed by atoms with Crippen molar-refractivity contribution in [2.45, 2.75) is 20.4 Å². The largest absolute Gasteiger partial charge is 0.334 e. The number of aromatic nitrogens is 3.